The molecule has 1 aliphatic heterocycles. The van der Waals surface area contributed by atoms with Crippen LogP contribution in [0.25, 0.3) is 0 Å². The van der Waals surface area contributed by atoms with E-state index in [4.69, 9.17) is 0 Å². The van der Waals surface area contributed by atoms with E-state index in [-0.39, 0.29) is 23.5 Å². The Morgan fingerprint density at radius 3 is 2.40 bits per heavy atom. The first-order valence-corrected chi connectivity index (χ1v) is 9.42. The molecule has 25 heavy (non-hydrogen) atoms. The number of likely N-dealkylation sites (tertiary alicyclic amines) is 1. The Balaban J connectivity index is 1.31. The molecule has 0 spiro atoms. The summed E-state index contributed by atoms with van der Waals surface area (Å²) in [6.07, 6.45) is 6.20. The van der Waals surface area contributed by atoms with Gasteiger partial charge in [-0.1, -0.05) is 12.1 Å². The van der Waals surface area contributed by atoms with Gasteiger partial charge in [-0.2, -0.15) is 0 Å². The van der Waals surface area contributed by atoms with Gasteiger partial charge in [-0.15, -0.1) is 0 Å². The molecule has 2 amide bonds. The van der Waals surface area contributed by atoms with Crippen LogP contribution in [-0.4, -0.2) is 36.3 Å². The predicted octanol–water partition coefficient (Wildman–Crippen LogP) is 2.91. The SMILES string of the molecule is O=C(NCCCC(=O)N1CCC(Cc2ccc(F)cc2)CC1)C1CC1. The standard InChI is InChI=1S/C20H27FN2O2/c21-18-7-3-15(4-8-18)14-16-9-12-23(13-10-16)19(24)2-1-11-22-20(25)17-5-6-17/h3-4,7-8,16-17H,1-2,5-6,9-14H2,(H,22,25). The summed E-state index contributed by atoms with van der Waals surface area (Å²) < 4.78 is 13.0. The van der Waals surface area contributed by atoms with E-state index in [1.165, 1.54) is 12.1 Å². The molecule has 1 aliphatic carbocycles. The molecule has 1 aromatic carbocycles. The summed E-state index contributed by atoms with van der Waals surface area (Å²) in [7, 11) is 0. The van der Waals surface area contributed by atoms with Crippen molar-refractivity contribution < 1.29 is 14.0 Å². The molecule has 0 bridgehead atoms. The third-order valence-corrected chi connectivity index (χ3v) is 5.22. The summed E-state index contributed by atoms with van der Waals surface area (Å²) in [5, 5.41) is 2.90. The van der Waals surface area contributed by atoms with Crippen LogP contribution < -0.4 is 5.32 Å². The van der Waals surface area contributed by atoms with E-state index in [1.54, 1.807) is 0 Å². The summed E-state index contributed by atoms with van der Waals surface area (Å²) >= 11 is 0. The Hall–Kier alpha value is -1.91. The normalized spacial score (nSPS) is 18.2. The number of hydrogen-bond donors (Lipinski definition) is 1. The first kappa shape index (κ1) is 17.9. The topological polar surface area (TPSA) is 49.4 Å². The summed E-state index contributed by atoms with van der Waals surface area (Å²) in [4.78, 5) is 25.7. The number of halogens is 1. The maximum absolute atomic E-state index is 13.0. The molecule has 2 fully saturated rings. The minimum Gasteiger partial charge on any atom is -0.356 e. The molecule has 2 aliphatic rings. The van der Waals surface area contributed by atoms with Gasteiger partial charge in [0.15, 0.2) is 0 Å². The second kappa shape index (κ2) is 8.45. The highest BCUT2D eigenvalue weighted by Gasteiger charge is 2.29. The third kappa shape index (κ3) is 5.55. The molecular formula is C20H27FN2O2. The Morgan fingerprint density at radius 1 is 1.08 bits per heavy atom. The van der Waals surface area contributed by atoms with Crippen molar-refractivity contribution in [3.63, 3.8) is 0 Å². The molecule has 3 rings (SSSR count). The summed E-state index contributed by atoms with van der Waals surface area (Å²) in [6.45, 7) is 2.21. The lowest BCUT2D eigenvalue weighted by molar-refractivity contribution is -0.133. The quantitative estimate of drug-likeness (QED) is 0.772. The van der Waals surface area contributed by atoms with Crippen molar-refractivity contribution in [2.24, 2.45) is 11.8 Å². The summed E-state index contributed by atoms with van der Waals surface area (Å²) in [5.41, 5.74) is 1.16. The number of benzene rings is 1. The van der Waals surface area contributed by atoms with Crippen LogP contribution in [-0.2, 0) is 16.0 Å². The monoisotopic (exact) mass is 346 g/mol. The Bertz CT molecular complexity index is 590. The molecule has 1 heterocycles. The molecule has 1 aromatic rings. The zero-order valence-corrected chi connectivity index (χ0v) is 14.7. The van der Waals surface area contributed by atoms with Crippen LogP contribution in [0.15, 0.2) is 24.3 Å². The fourth-order valence-corrected chi connectivity index (χ4v) is 3.44. The zero-order chi connectivity index (χ0) is 17.6. The minimum absolute atomic E-state index is 0.147. The highest BCUT2D eigenvalue weighted by Crippen LogP contribution is 2.28. The van der Waals surface area contributed by atoms with Crippen molar-refractivity contribution in [3.05, 3.63) is 35.6 Å². The fourth-order valence-electron chi connectivity index (χ4n) is 3.44. The van der Waals surface area contributed by atoms with Gasteiger partial charge in [0, 0.05) is 32.0 Å². The Kier molecular flexibility index (Phi) is 6.05. The lowest BCUT2D eigenvalue weighted by atomic mass is 9.90. The van der Waals surface area contributed by atoms with Crippen LogP contribution in [0.5, 0.6) is 0 Å². The van der Waals surface area contributed by atoms with Crippen LogP contribution >= 0.6 is 0 Å². The van der Waals surface area contributed by atoms with Gasteiger partial charge < -0.3 is 10.2 Å². The number of amides is 2. The van der Waals surface area contributed by atoms with Gasteiger partial charge in [-0.3, -0.25) is 9.59 Å². The number of nitrogens with zero attached hydrogens (tertiary/aromatic N) is 1. The zero-order valence-electron chi connectivity index (χ0n) is 14.7. The lowest BCUT2D eigenvalue weighted by Crippen LogP contribution is -2.39. The van der Waals surface area contributed by atoms with Crippen molar-refractivity contribution >= 4 is 11.8 Å². The third-order valence-electron chi connectivity index (χ3n) is 5.22. The van der Waals surface area contributed by atoms with Crippen molar-refractivity contribution in [3.8, 4) is 0 Å². The molecule has 1 N–H and O–H groups in total. The van der Waals surface area contributed by atoms with Crippen LogP contribution in [0.1, 0.15) is 44.1 Å². The van der Waals surface area contributed by atoms with Gasteiger partial charge >= 0.3 is 0 Å². The second-order valence-corrected chi connectivity index (χ2v) is 7.32. The molecule has 5 heteroatoms. The number of carbonyl (C=O) groups excluding carboxylic acids is 2. The summed E-state index contributed by atoms with van der Waals surface area (Å²) in [6, 6.07) is 6.72. The molecule has 0 radical (unpaired) electrons. The largest absolute Gasteiger partial charge is 0.356 e. The molecule has 0 atom stereocenters. The van der Waals surface area contributed by atoms with Crippen molar-refractivity contribution in [1.82, 2.24) is 10.2 Å². The van der Waals surface area contributed by atoms with E-state index in [2.05, 4.69) is 5.32 Å². The first-order valence-electron chi connectivity index (χ1n) is 9.42. The first-order chi connectivity index (χ1) is 12.1. The van der Waals surface area contributed by atoms with Crippen molar-refractivity contribution in [2.45, 2.75) is 44.9 Å². The number of hydrogen-bond acceptors (Lipinski definition) is 2. The highest BCUT2D eigenvalue weighted by molar-refractivity contribution is 5.81. The van der Waals surface area contributed by atoms with Gasteiger partial charge in [-0.25, -0.2) is 4.39 Å². The van der Waals surface area contributed by atoms with Crippen molar-refractivity contribution in [1.29, 1.82) is 0 Å². The predicted molar refractivity (Wildman–Crippen MR) is 94.4 cm³/mol. The summed E-state index contributed by atoms with van der Waals surface area (Å²) in [5.74, 6) is 0.940. The van der Waals surface area contributed by atoms with Crippen LogP contribution in [0.4, 0.5) is 4.39 Å². The molecule has 1 saturated carbocycles. The van der Waals surface area contributed by atoms with Gasteiger partial charge in [-0.05, 0) is 62.1 Å². The van der Waals surface area contributed by atoms with Gasteiger partial charge in [0.05, 0.1) is 0 Å². The highest BCUT2D eigenvalue weighted by atomic mass is 19.1. The molecule has 1 saturated heterocycles. The van der Waals surface area contributed by atoms with Gasteiger partial charge in [0.1, 0.15) is 5.82 Å². The van der Waals surface area contributed by atoms with E-state index in [0.717, 1.165) is 50.8 Å². The molecule has 0 unspecified atom stereocenters. The Labute approximate surface area is 148 Å². The number of nitrogens with one attached hydrogen (secondary N) is 1. The van der Waals surface area contributed by atoms with Crippen LogP contribution in [0.2, 0.25) is 0 Å². The number of carbonyl (C=O) groups is 2. The van der Waals surface area contributed by atoms with E-state index in [9.17, 15) is 14.0 Å². The molecule has 4 nitrogen and oxygen atoms in total. The molecule has 0 aromatic heterocycles. The Morgan fingerprint density at radius 2 is 1.76 bits per heavy atom. The second-order valence-electron chi connectivity index (χ2n) is 7.32. The van der Waals surface area contributed by atoms with E-state index in [0.29, 0.717) is 25.3 Å². The van der Waals surface area contributed by atoms with E-state index >= 15 is 0 Å². The van der Waals surface area contributed by atoms with E-state index < -0.39 is 0 Å². The average Bonchev–Trinajstić information content (AvgIpc) is 3.46. The fraction of sp³-hybridized carbons (Fsp3) is 0.600. The number of piperidine rings is 1. The van der Waals surface area contributed by atoms with Crippen LogP contribution in [0, 0.1) is 17.7 Å². The van der Waals surface area contributed by atoms with Gasteiger partial charge in [0.25, 0.3) is 0 Å². The average molecular weight is 346 g/mol. The molecule has 136 valence electrons. The van der Waals surface area contributed by atoms with Crippen molar-refractivity contribution in [2.75, 3.05) is 19.6 Å². The maximum atomic E-state index is 13.0. The van der Waals surface area contributed by atoms with E-state index in [1.807, 2.05) is 17.0 Å². The van der Waals surface area contributed by atoms with Crippen LogP contribution in [0.3, 0.4) is 0 Å². The van der Waals surface area contributed by atoms with Gasteiger partial charge in [0.2, 0.25) is 11.8 Å². The number of rotatable bonds is 7. The minimum atomic E-state index is -0.197. The molecular weight excluding hydrogens is 319 g/mol. The smallest absolute Gasteiger partial charge is 0.223 e. The lowest BCUT2D eigenvalue weighted by Gasteiger charge is -2.32. The maximum Gasteiger partial charge on any atom is 0.223 e.